The van der Waals surface area contributed by atoms with Crippen LogP contribution < -0.4 is 11.1 Å². The quantitative estimate of drug-likeness (QED) is 0.258. The number of methoxy groups -OCH3 is 1. The van der Waals surface area contributed by atoms with Crippen LogP contribution in [0, 0.1) is 0 Å². The molecule has 0 heterocycles. The Bertz CT molecular complexity index is 649. The van der Waals surface area contributed by atoms with Crippen LogP contribution in [0.1, 0.15) is 62.2 Å². The summed E-state index contributed by atoms with van der Waals surface area (Å²) in [4.78, 5) is 35.4. The molecular formula is C21H32N2O4S. The number of benzene rings is 1. The van der Waals surface area contributed by atoms with Gasteiger partial charge < -0.3 is 20.6 Å². The second kappa shape index (κ2) is 14.2. The maximum atomic E-state index is 12.4. The molecule has 1 aromatic carbocycles. The highest BCUT2D eigenvalue weighted by Crippen LogP contribution is 2.20. The number of thioether (sulfide) groups is 1. The fourth-order valence-corrected chi connectivity index (χ4v) is 3.43. The molecule has 0 bridgehead atoms. The molecule has 3 N–H and O–H groups in total. The largest absolute Gasteiger partial charge is 0.399 e. The molecule has 0 unspecified atom stereocenters. The Morgan fingerprint density at radius 2 is 1.75 bits per heavy atom. The fraction of sp³-hybridized carbons (Fsp3) is 0.571. The zero-order chi connectivity index (χ0) is 20.8. The van der Waals surface area contributed by atoms with Gasteiger partial charge in [0.2, 0.25) is 5.91 Å². The molecule has 0 radical (unpaired) electrons. The molecule has 156 valence electrons. The first-order chi connectivity index (χ1) is 13.4. The zero-order valence-electron chi connectivity index (χ0n) is 16.9. The minimum Gasteiger partial charge on any atom is -0.399 e. The van der Waals surface area contributed by atoms with E-state index in [0.29, 0.717) is 42.1 Å². The number of hydrogen-bond acceptors (Lipinski definition) is 6. The lowest BCUT2D eigenvalue weighted by molar-refractivity contribution is -0.117. The number of ether oxygens (including phenoxy) is 1. The third kappa shape index (κ3) is 11.1. The van der Waals surface area contributed by atoms with Crippen LogP contribution in [0.5, 0.6) is 0 Å². The minimum atomic E-state index is -0.114. The third-order valence-electron chi connectivity index (χ3n) is 4.11. The number of unbranched alkanes of at least 4 members (excludes halogenated alkanes) is 3. The molecule has 7 heteroatoms. The lowest BCUT2D eigenvalue weighted by Gasteiger charge is -2.09. The normalized spacial score (nSPS) is 10.6. The van der Waals surface area contributed by atoms with Gasteiger partial charge in [0, 0.05) is 43.5 Å². The second-order valence-corrected chi connectivity index (χ2v) is 7.94. The van der Waals surface area contributed by atoms with Crippen LogP contribution in [-0.2, 0) is 14.3 Å². The molecule has 0 aromatic heterocycles. The van der Waals surface area contributed by atoms with Crippen molar-refractivity contribution in [3.05, 3.63) is 23.8 Å². The van der Waals surface area contributed by atoms with Crippen LogP contribution in [0.4, 0.5) is 11.4 Å². The van der Waals surface area contributed by atoms with Crippen molar-refractivity contribution < 1.29 is 19.1 Å². The minimum absolute atomic E-state index is 0.0170. The van der Waals surface area contributed by atoms with Gasteiger partial charge in [0.15, 0.2) is 5.78 Å². The molecular weight excluding hydrogens is 376 g/mol. The average Bonchev–Trinajstić information content (AvgIpc) is 2.63. The molecule has 1 amide bonds. The predicted molar refractivity (Wildman–Crippen MR) is 116 cm³/mol. The molecule has 0 aliphatic rings. The summed E-state index contributed by atoms with van der Waals surface area (Å²) >= 11 is 1.54. The Kier molecular flexibility index (Phi) is 12.2. The summed E-state index contributed by atoms with van der Waals surface area (Å²) in [6.07, 6.45) is 5.48. The first kappa shape index (κ1) is 24.2. The molecule has 0 atom stereocenters. The highest BCUT2D eigenvalue weighted by molar-refractivity contribution is 7.99. The van der Waals surface area contributed by atoms with Crippen LogP contribution in [0.3, 0.4) is 0 Å². The van der Waals surface area contributed by atoms with E-state index in [1.54, 1.807) is 44.0 Å². The van der Waals surface area contributed by atoms with E-state index in [1.807, 2.05) is 0 Å². The number of anilines is 2. The topological polar surface area (TPSA) is 98.5 Å². The first-order valence-electron chi connectivity index (χ1n) is 9.72. The highest BCUT2D eigenvalue weighted by atomic mass is 32.2. The SMILES string of the molecule is COCCCSCC(=O)Nc1cc(N)cc(C(=O)CCCCCCC(C)=O)c1. The number of Topliss-reactive ketones (excluding diaryl/α,β-unsaturated/α-hetero) is 2. The Balaban J connectivity index is 2.42. The fourth-order valence-electron chi connectivity index (χ4n) is 2.71. The summed E-state index contributed by atoms with van der Waals surface area (Å²) in [5.74, 6) is 1.31. The molecule has 0 saturated heterocycles. The van der Waals surface area contributed by atoms with E-state index in [2.05, 4.69) is 5.32 Å². The van der Waals surface area contributed by atoms with Gasteiger partial charge >= 0.3 is 0 Å². The number of nitrogens with two attached hydrogens (primary N) is 1. The van der Waals surface area contributed by atoms with Crippen molar-refractivity contribution in [2.24, 2.45) is 0 Å². The lowest BCUT2D eigenvalue weighted by atomic mass is 10.0. The van der Waals surface area contributed by atoms with Gasteiger partial charge in [0.25, 0.3) is 0 Å². The molecule has 0 aliphatic heterocycles. The molecule has 0 fully saturated rings. The van der Waals surface area contributed by atoms with Crippen LogP contribution in [0.15, 0.2) is 18.2 Å². The maximum absolute atomic E-state index is 12.4. The third-order valence-corrected chi connectivity index (χ3v) is 5.16. The predicted octanol–water partition coefficient (Wildman–Crippen LogP) is 4.09. The Labute approximate surface area is 172 Å². The van der Waals surface area contributed by atoms with Crippen molar-refractivity contribution in [2.75, 3.05) is 36.3 Å². The van der Waals surface area contributed by atoms with E-state index in [9.17, 15) is 14.4 Å². The number of nitrogens with one attached hydrogen (secondary N) is 1. The summed E-state index contributed by atoms with van der Waals surface area (Å²) in [5, 5.41) is 2.81. The van der Waals surface area contributed by atoms with Crippen LogP contribution >= 0.6 is 11.8 Å². The Morgan fingerprint density at radius 1 is 1.04 bits per heavy atom. The summed E-state index contributed by atoms with van der Waals surface area (Å²) in [6, 6.07) is 4.99. The van der Waals surface area contributed by atoms with Crippen LogP contribution in [0.25, 0.3) is 0 Å². The van der Waals surface area contributed by atoms with Gasteiger partial charge in [-0.15, -0.1) is 0 Å². The van der Waals surface area contributed by atoms with Crippen molar-refractivity contribution in [1.29, 1.82) is 0 Å². The first-order valence-corrected chi connectivity index (χ1v) is 10.9. The van der Waals surface area contributed by atoms with E-state index >= 15 is 0 Å². The van der Waals surface area contributed by atoms with E-state index in [1.165, 1.54) is 0 Å². The Hall–Kier alpha value is -1.86. The van der Waals surface area contributed by atoms with E-state index in [0.717, 1.165) is 37.9 Å². The molecule has 1 aromatic rings. The van der Waals surface area contributed by atoms with Crippen molar-refractivity contribution in [2.45, 2.75) is 51.9 Å². The van der Waals surface area contributed by atoms with Gasteiger partial charge in [-0.25, -0.2) is 0 Å². The average molecular weight is 409 g/mol. The van der Waals surface area contributed by atoms with Gasteiger partial charge in [-0.3, -0.25) is 9.59 Å². The van der Waals surface area contributed by atoms with Gasteiger partial charge in [-0.1, -0.05) is 12.8 Å². The van der Waals surface area contributed by atoms with Crippen molar-refractivity contribution in [3.63, 3.8) is 0 Å². The number of hydrogen-bond donors (Lipinski definition) is 2. The summed E-state index contributed by atoms with van der Waals surface area (Å²) in [5.41, 5.74) is 7.42. The van der Waals surface area contributed by atoms with Crippen molar-refractivity contribution in [1.82, 2.24) is 0 Å². The smallest absolute Gasteiger partial charge is 0.234 e. The Morgan fingerprint density at radius 3 is 2.43 bits per heavy atom. The van der Waals surface area contributed by atoms with Gasteiger partial charge in [0.05, 0.1) is 5.75 Å². The van der Waals surface area contributed by atoms with E-state index in [4.69, 9.17) is 10.5 Å². The van der Waals surface area contributed by atoms with E-state index < -0.39 is 0 Å². The molecule has 0 aliphatic carbocycles. The number of amides is 1. The highest BCUT2D eigenvalue weighted by Gasteiger charge is 2.10. The van der Waals surface area contributed by atoms with Gasteiger partial charge in [-0.2, -0.15) is 11.8 Å². The number of ketones is 2. The number of nitrogen functional groups attached to an aromatic ring is 1. The summed E-state index contributed by atoms with van der Waals surface area (Å²) in [7, 11) is 1.66. The van der Waals surface area contributed by atoms with Crippen molar-refractivity contribution >= 4 is 40.6 Å². The summed E-state index contributed by atoms with van der Waals surface area (Å²) in [6.45, 7) is 2.28. The number of carbonyl (C=O) groups is 3. The van der Waals surface area contributed by atoms with Crippen molar-refractivity contribution in [3.8, 4) is 0 Å². The van der Waals surface area contributed by atoms with Gasteiger partial charge in [0.1, 0.15) is 5.78 Å². The number of carbonyl (C=O) groups excluding carboxylic acids is 3. The molecule has 6 nitrogen and oxygen atoms in total. The zero-order valence-corrected chi connectivity index (χ0v) is 17.7. The summed E-state index contributed by atoms with van der Waals surface area (Å²) < 4.78 is 4.98. The maximum Gasteiger partial charge on any atom is 0.234 e. The van der Waals surface area contributed by atoms with Crippen LogP contribution in [-0.4, -0.2) is 42.7 Å². The molecule has 0 spiro atoms. The molecule has 28 heavy (non-hydrogen) atoms. The monoisotopic (exact) mass is 408 g/mol. The number of rotatable bonds is 15. The standard InChI is InChI=1S/C21H32N2O4S/c1-16(24)8-5-3-4-6-9-20(25)17-12-18(22)14-19(13-17)23-21(26)15-28-11-7-10-27-2/h12-14H,3-11,15,22H2,1-2H3,(H,23,26). The van der Waals surface area contributed by atoms with E-state index in [-0.39, 0.29) is 17.5 Å². The molecule has 1 rings (SSSR count). The van der Waals surface area contributed by atoms with Gasteiger partial charge in [-0.05, 0) is 50.1 Å². The second-order valence-electron chi connectivity index (χ2n) is 6.83. The van der Waals surface area contributed by atoms with Crippen LogP contribution in [0.2, 0.25) is 0 Å². The lowest BCUT2D eigenvalue weighted by Crippen LogP contribution is -2.15. The molecule has 0 saturated carbocycles.